The lowest BCUT2D eigenvalue weighted by Gasteiger charge is -2.23. The van der Waals surface area contributed by atoms with Gasteiger partial charge in [-0.2, -0.15) is 0 Å². The average molecular weight is 233 g/mol. The Bertz CT molecular complexity index is 343. The molecule has 1 N–H and O–H groups in total. The van der Waals surface area contributed by atoms with E-state index in [1.165, 1.54) is 11.1 Å². The average Bonchev–Trinajstić information content (AvgIpc) is 2.38. The molecule has 2 rings (SSSR count). The van der Waals surface area contributed by atoms with Crippen molar-refractivity contribution in [3.05, 3.63) is 35.4 Å². The molecule has 0 atom stereocenters. The summed E-state index contributed by atoms with van der Waals surface area (Å²) in [7, 11) is 0. The molecule has 2 heteroatoms. The van der Waals surface area contributed by atoms with Gasteiger partial charge in [-0.25, -0.2) is 0 Å². The molecule has 94 valence electrons. The molecule has 0 aromatic heterocycles. The molecule has 0 unspecified atom stereocenters. The van der Waals surface area contributed by atoms with E-state index in [0.29, 0.717) is 12.0 Å². The minimum atomic E-state index is 0.609. The molecule has 0 amide bonds. The lowest BCUT2D eigenvalue weighted by Crippen LogP contribution is -2.34. The monoisotopic (exact) mass is 233 g/mol. The van der Waals surface area contributed by atoms with Crippen molar-refractivity contribution in [1.82, 2.24) is 5.32 Å². The topological polar surface area (TPSA) is 21.3 Å². The highest BCUT2D eigenvalue weighted by atomic mass is 16.5. The molecule has 1 aromatic carbocycles. The van der Waals surface area contributed by atoms with Gasteiger partial charge in [0.2, 0.25) is 0 Å². The Balaban J connectivity index is 1.87. The van der Waals surface area contributed by atoms with Crippen molar-refractivity contribution in [2.75, 3.05) is 13.2 Å². The van der Waals surface area contributed by atoms with Crippen LogP contribution >= 0.6 is 0 Å². The molecule has 0 saturated carbocycles. The molecule has 1 aliphatic rings. The normalized spacial score (nSPS) is 17.6. The fourth-order valence-electron chi connectivity index (χ4n) is 2.23. The molecule has 0 bridgehead atoms. The Morgan fingerprint density at radius 2 is 2.06 bits per heavy atom. The fourth-order valence-corrected chi connectivity index (χ4v) is 2.23. The van der Waals surface area contributed by atoms with E-state index in [-0.39, 0.29) is 0 Å². The lowest BCUT2D eigenvalue weighted by molar-refractivity contribution is 0.0776. The molecule has 0 radical (unpaired) electrons. The summed E-state index contributed by atoms with van der Waals surface area (Å²) in [5, 5.41) is 3.62. The summed E-state index contributed by atoms with van der Waals surface area (Å²) >= 11 is 0. The van der Waals surface area contributed by atoms with E-state index < -0.39 is 0 Å². The Labute approximate surface area is 104 Å². The summed E-state index contributed by atoms with van der Waals surface area (Å²) in [5.41, 5.74) is 2.82. The lowest BCUT2D eigenvalue weighted by atomic mass is 10.0. The molecule has 1 saturated heterocycles. The molecule has 1 aliphatic heterocycles. The number of benzene rings is 1. The highest BCUT2D eigenvalue weighted by Crippen LogP contribution is 2.16. The van der Waals surface area contributed by atoms with E-state index in [0.717, 1.165) is 32.6 Å². The predicted octanol–water partition coefficient (Wildman–Crippen LogP) is 3.08. The van der Waals surface area contributed by atoms with E-state index in [2.05, 4.69) is 43.4 Å². The molecule has 0 spiro atoms. The third-order valence-corrected chi connectivity index (χ3v) is 3.43. The summed E-state index contributed by atoms with van der Waals surface area (Å²) in [6, 6.07) is 9.53. The van der Waals surface area contributed by atoms with Gasteiger partial charge in [-0.05, 0) is 29.9 Å². The predicted molar refractivity (Wildman–Crippen MR) is 71.2 cm³/mol. The largest absolute Gasteiger partial charge is 0.381 e. The van der Waals surface area contributed by atoms with Gasteiger partial charge in [-0.3, -0.25) is 0 Å². The quantitative estimate of drug-likeness (QED) is 0.863. The maximum atomic E-state index is 5.36. The first-order valence-corrected chi connectivity index (χ1v) is 6.65. The van der Waals surface area contributed by atoms with Crippen molar-refractivity contribution in [3.63, 3.8) is 0 Å². The highest BCUT2D eigenvalue weighted by molar-refractivity contribution is 5.25. The molecule has 1 fully saturated rings. The third-order valence-electron chi connectivity index (χ3n) is 3.43. The van der Waals surface area contributed by atoms with Crippen LogP contribution in [0.5, 0.6) is 0 Å². The van der Waals surface area contributed by atoms with Gasteiger partial charge in [-0.15, -0.1) is 0 Å². The van der Waals surface area contributed by atoms with Gasteiger partial charge in [-0.1, -0.05) is 38.1 Å². The Kier molecular flexibility index (Phi) is 4.57. The van der Waals surface area contributed by atoms with Gasteiger partial charge < -0.3 is 10.1 Å². The molecular formula is C15H23NO. The number of nitrogens with one attached hydrogen (secondary N) is 1. The summed E-state index contributed by atoms with van der Waals surface area (Å²) in [5.74, 6) is 0.609. The molecule has 1 aromatic rings. The summed E-state index contributed by atoms with van der Waals surface area (Å²) in [6.45, 7) is 7.27. The van der Waals surface area contributed by atoms with Crippen molar-refractivity contribution >= 4 is 0 Å². The standard InChI is InChI=1S/C15H23NO/c1-12(2)14-5-3-4-13(10-14)11-16-15-6-8-17-9-7-15/h3-5,10,12,15-16H,6-9,11H2,1-2H3. The zero-order valence-electron chi connectivity index (χ0n) is 10.9. The van der Waals surface area contributed by atoms with Crippen LogP contribution in [0.1, 0.15) is 43.7 Å². The summed E-state index contributed by atoms with van der Waals surface area (Å²) in [6.07, 6.45) is 2.29. The van der Waals surface area contributed by atoms with Crippen molar-refractivity contribution < 1.29 is 4.74 Å². The van der Waals surface area contributed by atoms with Crippen LogP contribution in [0.25, 0.3) is 0 Å². The number of hydrogen-bond donors (Lipinski definition) is 1. The molecular weight excluding hydrogens is 210 g/mol. The Morgan fingerprint density at radius 1 is 1.29 bits per heavy atom. The van der Waals surface area contributed by atoms with Gasteiger partial charge in [0, 0.05) is 25.8 Å². The van der Waals surface area contributed by atoms with Gasteiger partial charge in [0.25, 0.3) is 0 Å². The van der Waals surface area contributed by atoms with E-state index in [4.69, 9.17) is 4.74 Å². The van der Waals surface area contributed by atoms with Gasteiger partial charge >= 0.3 is 0 Å². The van der Waals surface area contributed by atoms with Crippen LogP contribution in [0, 0.1) is 0 Å². The van der Waals surface area contributed by atoms with E-state index in [1.807, 2.05) is 0 Å². The third kappa shape index (κ3) is 3.83. The first kappa shape index (κ1) is 12.6. The fraction of sp³-hybridized carbons (Fsp3) is 0.600. The summed E-state index contributed by atoms with van der Waals surface area (Å²) in [4.78, 5) is 0. The number of ether oxygens (including phenoxy) is 1. The molecule has 17 heavy (non-hydrogen) atoms. The van der Waals surface area contributed by atoms with Crippen LogP contribution in [-0.4, -0.2) is 19.3 Å². The van der Waals surface area contributed by atoms with E-state index in [9.17, 15) is 0 Å². The van der Waals surface area contributed by atoms with Crippen LogP contribution in [0.2, 0.25) is 0 Å². The van der Waals surface area contributed by atoms with E-state index in [1.54, 1.807) is 0 Å². The van der Waals surface area contributed by atoms with Crippen molar-refractivity contribution in [3.8, 4) is 0 Å². The van der Waals surface area contributed by atoms with Gasteiger partial charge in [0.1, 0.15) is 0 Å². The SMILES string of the molecule is CC(C)c1cccc(CNC2CCOCC2)c1. The second kappa shape index (κ2) is 6.18. The zero-order chi connectivity index (χ0) is 12.1. The maximum absolute atomic E-state index is 5.36. The van der Waals surface area contributed by atoms with Crippen molar-refractivity contribution in [1.29, 1.82) is 0 Å². The molecule has 1 heterocycles. The minimum Gasteiger partial charge on any atom is -0.381 e. The zero-order valence-corrected chi connectivity index (χ0v) is 10.9. The number of hydrogen-bond acceptors (Lipinski definition) is 2. The smallest absolute Gasteiger partial charge is 0.0480 e. The first-order chi connectivity index (χ1) is 8.25. The van der Waals surface area contributed by atoms with Crippen LogP contribution in [0.3, 0.4) is 0 Å². The Morgan fingerprint density at radius 3 is 2.76 bits per heavy atom. The van der Waals surface area contributed by atoms with Crippen LogP contribution in [-0.2, 0) is 11.3 Å². The molecule has 0 aliphatic carbocycles. The highest BCUT2D eigenvalue weighted by Gasteiger charge is 2.12. The Hall–Kier alpha value is -0.860. The van der Waals surface area contributed by atoms with Crippen LogP contribution in [0.15, 0.2) is 24.3 Å². The number of rotatable bonds is 4. The van der Waals surface area contributed by atoms with Crippen molar-refractivity contribution in [2.24, 2.45) is 0 Å². The van der Waals surface area contributed by atoms with Gasteiger partial charge in [0.05, 0.1) is 0 Å². The van der Waals surface area contributed by atoms with Crippen LogP contribution < -0.4 is 5.32 Å². The maximum Gasteiger partial charge on any atom is 0.0480 e. The minimum absolute atomic E-state index is 0.609. The first-order valence-electron chi connectivity index (χ1n) is 6.65. The van der Waals surface area contributed by atoms with E-state index >= 15 is 0 Å². The van der Waals surface area contributed by atoms with Crippen LogP contribution in [0.4, 0.5) is 0 Å². The summed E-state index contributed by atoms with van der Waals surface area (Å²) < 4.78 is 5.36. The van der Waals surface area contributed by atoms with Crippen molar-refractivity contribution in [2.45, 2.75) is 45.2 Å². The molecule has 2 nitrogen and oxygen atoms in total. The van der Waals surface area contributed by atoms with Gasteiger partial charge in [0.15, 0.2) is 0 Å². The second-order valence-corrected chi connectivity index (χ2v) is 5.17. The second-order valence-electron chi connectivity index (χ2n) is 5.17.